The van der Waals surface area contributed by atoms with Crippen molar-refractivity contribution < 1.29 is 14.4 Å². The van der Waals surface area contributed by atoms with Crippen LogP contribution in [0, 0.1) is 20.8 Å². The third-order valence-electron chi connectivity index (χ3n) is 5.96. The molecule has 1 N–H and O–H groups in total. The molecule has 0 bridgehead atoms. The molecule has 2 fully saturated rings. The van der Waals surface area contributed by atoms with E-state index in [0.29, 0.717) is 24.9 Å². The first-order valence-corrected chi connectivity index (χ1v) is 10.3. The zero-order valence-electron chi connectivity index (χ0n) is 17.7. The number of carbonyl (C=O) groups is 3. The second-order valence-corrected chi connectivity index (χ2v) is 8.60. The summed E-state index contributed by atoms with van der Waals surface area (Å²) in [5, 5.41) is 2.90. The zero-order chi connectivity index (χ0) is 21.5. The molecular weight excluding hydrogens is 378 g/mol. The maximum atomic E-state index is 13.3. The minimum Gasteiger partial charge on any atom is -0.336 e. The van der Waals surface area contributed by atoms with Crippen LogP contribution in [-0.4, -0.2) is 46.3 Å². The molecule has 30 heavy (non-hydrogen) atoms. The van der Waals surface area contributed by atoms with E-state index in [4.69, 9.17) is 0 Å². The minimum absolute atomic E-state index is 0.0973. The Hall–Kier alpha value is -3.15. The highest BCUT2D eigenvalue weighted by Gasteiger charge is 2.53. The van der Waals surface area contributed by atoms with Gasteiger partial charge in [-0.25, -0.2) is 4.79 Å². The molecule has 156 valence electrons. The Balaban J connectivity index is 1.54. The fraction of sp³-hybridized carbons (Fsp3) is 0.375. The smallest absolute Gasteiger partial charge is 0.325 e. The summed E-state index contributed by atoms with van der Waals surface area (Å²) < 4.78 is 0. The quantitative estimate of drug-likeness (QED) is 0.797. The first-order valence-electron chi connectivity index (χ1n) is 10.3. The van der Waals surface area contributed by atoms with Crippen LogP contribution in [0.25, 0.3) is 0 Å². The number of urea groups is 1. The molecule has 2 aliphatic rings. The van der Waals surface area contributed by atoms with Gasteiger partial charge in [0.05, 0.1) is 13.1 Å². The van der Waals surface area contributed by atoms with Crippen LogP contribution < -0.4 is 5.32 Å². The number of imide groups is 1. The van der Waals surface area contributed by atoms with Crippen molar-refractivity contribution in [1.82, 2.24) is 15.1 Å². The van der Waals surface area contributed by atoms with E-state index >= 15 is 0 Å². The van der Waals surface area contributed by atoms with Gasteiger partial charge < -0.3 is 10.2 Å². The van der Waals surface area contributed by atoms with Crippen molar-refractivity contribution in [2.45, 2.75) is 45.7 Å². The van der Waals surface area contributed by atoms with E-state index in [1.807, 2.05) is 63.2 Å². The molecule has 6 heteroatoms. The predicted octanol–water partition coefficient (Wildman–Crippen LogP) is 3.34. The van der Waals surface area contributed by atoms with Gasteiger partial charge in [0.2, 0.25) is 0 Å². The zero-order valence-corrected chi connectivity index (χ0v) is 17.7. The molecule has 4 amide bonds. The molecule has 6 nitrogen and oxygen atoms in total. The van der Waals surface area contributed by atoms with Gasteiger partial charge in [0.1, 0.15) is 5.54 Å². The lowest BCUT2D eigenvalue weighted by Crippen LogP contribution is -2.59. The molecule has 0 saturated carbocycles. The molecular formula is C24H27N3O3. The number of amides is 4. The standard InChI is InChI=1S/C24H27N3O3/c1-16-5-7-19(8-6-16)14-27-22(29)24(25-23(27)30)9-4-10-26(15-24)21(28)20-12-17(2)11-18(3)13-20/h5-8,11-13H,4,9-10,14-15H2,1-3H3,(H,25,30). The highest BCUT2D eigenvalue weighted by Crippen LogP contribution is 2.30. The summed E-state index contributed by atoms with van der Waals surface area (Å²) in [5.74, 6) is -0.342. The molecule has 1 spiro atoms. The molecule has 4 rings (SSSR count). The van der Waals surface area contributed by atoms with Gasteiger partial charge in [0.25, 0.3) is 11.8 Å². The van der Waals surface area contributed by atoms with Crippen LogP contribution in [0.4, 0.5) is 4.79 Å². The molecule has 1 atom stereocenters. The lowest BCUT2D eigenvalue weighted by atomic mass is 9.88. The van der Waals surface area contributed by atoms with Crippen LogP contribution in [-0.2, 0) is 11.3 Å². The number of rotatable bonds is 3. The normalized spacial score (nSPS) is 21.3. The summed E-state index contributed by atoms with van der Waals surface area (Å²) in [6.07, 6.45) is 1.21. The van der Waals surface area contributed by atoms with Crippen LogP contribution in [0.3, 0.4) is 0 Å². The topological polar surface area (TPSA) is 69.7 Å². The number of nitrogens with one attached hydrogen (secondary N) is 1. The van der Waals surface area contributed by atoms with Gasteiger partial charge in [-0.2, -0.15) is 0 Å². The van der Waals surface area contributed by atoms with E-state index in [0.717, 1.165) is 22.3 Å². The fourth-order valence-electron chi connectivity index (χ4n) is 4.48. The second-order valence-electron chi connectivity index (χ2n) is 8.60. The van der Waals surface area contributed by atoms with Crippen LogP contribution >= 0.6 is 0 Å². The Morgan fingerprint density at radius 2 is 1.67 bits per heavy atom. The van der Waals surface area contributed by atoms with Gasteiger partial charge in [-0.05, 0) is 51.3 Å². The van der Waals surface area contributed by atoms with Crippen LogP contribution in [0.15, 0.2) is 42.5 Å². The van der Waals surface area contributed by atoms with E-state index < -0.39 is 5.54 Å². The van der Waals surface area contributed by atoms with Gasteiger partial charge in [0, 0.05) is 12.1 Å². The van der Waals surface area contributed by atoms with E-state index in [9.17, 15) is 14.4 Å². The molecule has 2 saturated heterocycles. The lowest BCUT2D eigenvalue weighted by Gasteiger charge is -2.38. The SMILES string of the molecule is Cc1ccc(CN2C(=O)NC3(CCCN(C(=O)c4cc(C)cc(C)c4)C3)C2=O)cc1. The number of aryl methyl sites for hydroxylation is 3. The van der Waals surface area contributed by atoms with Gasteiger partial charge in [0.15, 0.2) is 0 Å². The second kappa shape index (κ2) is 7.59. The van der Waals surface area contributed by atoms with E-state index in [1.165, 1.54) is 4.90 Å². The van der Waals surface area contributed by atoms with Crippen molar-refractivity contribution in [2.24, 2.45) is 0 Å². The average molecular weight is 405 g/mol. The fourth-order valence-corrected chi connectivity index (χ4v) is 4.48. The highest BCUT2D eigenvalue weighted by molar-refractivity contribution is 6.07. The summed E-state index contributed by atoms with van der Waals surface area (Å²) in [4.78, 5) is 42.0. The minimum atomic E-state index is -1.03. The van der Waals surface area contributed by atoms with Crippen molar-refractivity contribution >= 4 is 17.8 Å². The van der Waals surface area contributed by atoms with E-state index in [2.05, 4.69) is 5.32 Å². The van der Waals surface area contributed by atoms with Crippen molar-refractivity contribution in [1.29, 1.82) is 0 Å². The van der Waals surface area contributed by atoms with Crippen molar-refractivity contribution in [3.05, 3.63) is 70.3 Å². The molecule has 0 radical (unpaired) electrons. The van der Waals surface area contributed by atoms with Crippen molar-refractivity contribution in [3.63, 3.8) is 0 Å². The first kappa shape index (κ1) is 20.1. The summed E-state index contributed by atoms with van der Waals surface area (Å²) in [5.41, 5.74) is 3.67. The van der Waals surface area contributed by atoms with Crippen LogP contribution in [0.1, 0.15) is 45.5 Å². The van der Waals surface area contributed by atoms with Crippen molar-refractivity contribution in [3.8, 4) is 0 Å². The molecule has 2 aliphatic heterocycles. The number of likely N-dealkylation sites (tertiary alicyclic amines) is 1. The molecule has 1 unspecified atom stereocenters. The van der Waals surface area contributed by atoms with Gasteiger partial charge >= 0.3 is 6.03 Å². The molecule has 0 aliphatic carbocycles. The molecule has 2 aromatic rings. The number of benzene rings is 2. The maximum absolute atomic E-state index is 13.3. The summed E-state index contributed by atoms with van der Waals surface area (Å²) in [6, 6.07) is 13.2. The summed E-state index contributed by atoms with van der Waals surface area (Å²) >= 11 is 0. The Bertz CT molecular complexity index is 995. The highest BCUT2D eigenvalue weighted by atomic mass is 16.2. The van der Waals surface area contributed by atoms with Gasteiger partial charge in [-0.15, -0.1) is 0 Å². The molecule has 2 heterocycles. The van der Waals surface area contributed by atoms with E-state index in [1.54, 1.807) is 4.90 Å². The Morgan fingerprint density at radius 3 is 2.33 bits per heavy atom. The summed E-state index contributed by atoms with van der Waals surface area (Å²) in [6.45, 7) is 6.94. The van der Waals surface area contributed by atoms with E-state index in [-0.39, 0.29) is 30.9 Å². The van der Waals surface area contributed by atoms with Crippen molar-refractivity contribution in [2.75, 3.05) is 13.1 Å². The third kappa shape index (κ3) is 3.70. The Kier molecular flexibility index (Phi) is 5.10. The first-order chi connectivity index (χ1) is 14.3. The number of piperidine rings is 1. The van der Waals surface area contributed by atoms with Gasteiger partial charge in [-0.3, -0.25) is 14.5 Å². The number of hydrogen-bond acceptors (Lipinski definition) is 3. The number of nitrogens with zero attached hydrogens (tertiary/aromatic N) is 2. The molecule has 2 aromatic carbocycles. The number of hydrogen-bond donors (Lipinski definition) is 1. The van der Waals surface area contributed by atoms with Crippen LogP contribution in [0.2, 0.25) is 0 Å². The summed E-state index contributed by atoms with van der Waals surface area (Å²) in [7, 11) is 0. The third-order valence-corrected chi connectivity index (χ3v) is 5.96. The number of carbonyl (C=O) groups excluding carboxylic acids is 3. The largest absolute Gasteiger partial charge is 0.336 e. The van der Waals surface area contributed by atoms with Crippen LogP contribution in [0.5, 0.6) is 0 Å². The predicted molar refractivity (Wildman–Crippen MR) is 114 cm³/mol. The molecule has 0 aromatic heterocycles. The lowest BCUT2D eigenvalue weighted by molar-refractivity contribution is -0.133. The van der Waals surface area contributed by atoms with Gasteiger partial charge in [-0.1, -0.05) is 47.0 Å². The average Bonchev–Trinajstić information content (AvgIpc) is 2.92. The maximum Gasteiger partial charge on any atom is 0.325 e. The Morgan fingerprint density at radius 1 is 1.00 bits per heavy atom. The monoisotopic (exact) mass is 405 g/mol. The Labute approximate surface area is 176 Å².